The maximum Gasteiger partial charge on any atom is 0.270 e. The molecule has 0 bridgehead atoms. The predicted molar refractivity (Wildman–Crippen MR) is 75.8 cm³/mol. The molecular weight excluding hydrogens is 266 g/mol. The largest absolute Gasteiger partial charge is 0.411 e. The van der Waals surface area contributed by atoms with Gasteiger partial charge in [-0.1, -0.05) is 17.3 Å². The highest BCUT2D eigenvalue weighted by Gasteiger charge is 2.01. The average molecular weight is 278 g/mol. The molecule has 0 spiro atoms. The number of hydrogen-bond acceptors (Lipinski definition) is 4. The maximum absolute atomic E-state index is 11.2. The zero-order chi connectivity index (χ0) is 12.8. The molecule has 0 saturated carbocycles. The summed E-state index contributed by atoms with van der Waals surface area (Å²) in [4.78, 5) is 15.2. The number of carbonyl (C=O) groups excluding carboxylic acids is 1. The van der Waals surface area contributed by atoms with Crippen molar-refractivity contribution in [3.63, 3.8) is 0 Å². The third-order valence-electron chi connectivity index (χ3n) is 2.32. The summed E-state index contributed by atoms with van der Waals surface area (Å²) in [6, 6.07) is 11.1. The number of anilines is 1. The normalized spacial score (nSPS) is 9.89. The van der Waals surface area contributed by atoms with E-state index in [0.717, 1.165) is 17.3 Å². The van der Waals surface area contributed by atoms with Gasteiger partial charge in [0.1, 0.15) is 6.21 Å². The minimum absolute atomic E-state index is 0. The van der Waals surface area contributed by atoms with Crippen molar-refractivity contribution in [2.75, 3.05) is 5.32 Å². The van der Waals surface area contributed by atoms with Gasteiger partial charge in [0.2, 0.25) is 0 Å². The SMILES string of the molecule is Cl.O=C(C=NO)Nc1cccc(-c2ccncc2)c1. The minimum atomic E-state index is -0.482. The molecule has 2 N–H and O–H groups in total. The van der Waals surface area contributed by atoms with Gasteiger partial charge >= 0.3 is 0 Å². The van der Waals surface area contributed by atoms with E-state index in [1.165, 1.54) is 0 Å². The zero-order valence-corrected chi connectivity index (χ0v) is 10.7. The predicted octanol–water partition coefficient (Wildman–Crippen LogP) is 2.57. The molecule has 0 aliphatic heterocycles. The van der Waals surface area contributed by atoms with E-state index in [1.807, 2.05) is 30.3 Å². The van der Waals surface area contributed by atoms with Crippen LogP contribution in [0.5, 0.6) is 0 Å². The number of nitrogens with zero attached hydrogens (tertiary/aromatic N) is 2. The average Bonchev–Trinajstić information content (AvgIpc) is 2.40. The lowest BCUT2D eigenvalue weighted by Gasteiger charge is -2.05. The second kappa shape index (κ2) is 7.13. The fraction of sp³-hybridized carbons (Fsp3) is 0. The Morgan fingerprint density at radius 1 is 1.21 bits per heavy atom. The van der Waals surface area contributed by atoms with Gasteiger partial charge in [-0.15, -0.1) is 12.4 Å². The first-order chi connectivity index (χ1) is 8.79. The Balaban J connectivity index is 0.00000180. The van der Waals surface area contributed by atoms with Crippen LogP contribution < -0.4 is 5.32 Å². The van der Waals surface area contributed by atoms with E-state index in [1.54, 1.807) is 18.5 Å². The molecule has 2 aromatic rings. The van der Waals surface area contributed by atoms with E-state index < -0.39 is 5.91 Å². The number of benzene rings is 1. The van der Waals surface area contributed by atoms with E-state index in [4.69, 9.17) is 5.21 Å². The van der Waals surface area contributed by atoms with Crippen molar-refractivity contribution in [2.45, 2.75) is 0 Å². The van der Waals surface area contributed by atoms with Gasteiger partial charge in [0.15, 0.2) is 0 Å². The van der Waals surface area contributed by atoms with Crippen LogP contribution >= 0.6 is 12.4 Å². The van der Waals surface area contributed by atoms with Crippen LogP contribution in [0.1, 0.15) is 0 Å². The first-order valence-electron chi connectivity index (χ1n) is 5.28. The molecule has 6 heteroatoms. The van der Waals surface area contributed by atoms with Crippen molar-refractivity contribution in [1.29, 1.82) is 0 Å². The molecule has 0 fully saturated rings. The number of amides is 1. The molecule has 0 radical (unpaired) electrons. The minimum Gasteiger partial charge on any atom is -0.411 e. The number of hydrogen-bond donors (Lipinski definition) is 2. The standard InChI is InChI=1S/C13H11N3O2.ClH/c17-13(9-15-18)16-12-3-1-2-11(8-12)10-4-6-14-7-5-10;/h1-9,18H,(H,16,17);1H. The summed E-state index contributed by atoms with van der Waals surface area (Å²) in [5.74, 6) is -0.482. The summed E-state index contributed by atoms with van der Waals surface area (Å²) in [5.41, 5.74) is 2.61. The zero-order valence-electron chi connectivity index (χ0n) is 9.85. The van der Waals surface area contributed by atoms with E-state index in [0.29, 0.717) is 5.69 Å². The van der Waals surface area contributed by atoms with E-state index in [2.05, 4.69) is 15.5 Å². The Morgan fingerprint density at radius 3 is 2.63 bits per heavy atom. The molecular formula is C13H12ClN3O2. The van der Waals surface area contributed by atoms with E-state index >= 15 is 0 Å². The van der Waals surface area contributed by atoms with Crippen LogP contribution in [-0.4, -0.2) is 22.3 Å². The van der Waals surface area contributed by atoms with Gasteiger partial charge in [0.05, 0.1) is 0 Å². The molecule has 1 aromatic heterocycles. The maximum atomic E-state index is 11.2. The summed E-state index contributed by atoms with van der Waals surface area (Å²) in [6.45, 7) is 0. The van der Waals surface area contributed by atoms with Crippen molar-refractivity contribution < 1.29 is 10.0 Å². The van der Waals surface area contributed by atoms with Crippen LogP contribution in [0, 0.1) is 0 Å². The van der Waals surface area contributed by atoms with Crippen LogP contribution in [0.25, 0.3) is 11.1 Å². The lowest BCUT2D eigenvalue weighted by Crippen LogP contribution is -2.12. The van der Waals surface area contributed by atoms with E-state index in [-0.39, 0.29) is 12.4 Å². The highest BCUT2D eigenvalue weighted by Crippen LogP contribution is 2.21. The van der Waals surface area contributed by atoms with Crippen LogP contribution in [0.3, 0.4) is 0 Å². The Hall–Kier alpha value is -2.40. The monoisotopic (exact) mass is 277 g/mol. The Morgan fingerprint density at radius 2 is 1.95 bits per heavy atom. The van der Waals surface area contributed by atoms with Crippen LogP contribution in [0.2, 0.25) is 0 Å². The fourth-order valence-electron chi connectivity index (χ4n) is 1.55. The van der Waals surface area contributed by atoms with Gasteiger partial charge in [-0.05, 0) is 35.4 Å². The summed E-state index contributed by atoms with van der Waals surface area (Å²) >= 11 is 0. The van der Waals surface area contributed by atoms with Crippen molar-refractivity contribution in [2.24, 2.45) is 5.16 Å². The number of carbonyl (C=O) groups is 1. The lowest BCUT2D eigenvalue weighted by atomic mass is 10.1. The summed E-state index contributed by atoms with van der Waals surface area (Å²) in [5, 5.41) is 13.5. The summed E-state index contributed by atoms with van der Waals surface area (Å²) < 4.78 is 0. The molecule has 1 aromatic carbocycles. The third kappa shape index (κ3) is 4.08. The number of halogens is 1. The van der Waals surface area contributed by atoms with Crippen LogP contribution in [0.4, 0.5) is 5.69 Å². The second-order valence-electron chi connectivity index (χ2n) is 3.55. The molecule has 0 aliphatic rings. The number of aromatic nitrogens is 1. The molecule has 0 saturated heterocycles. The first-order valence-corrected chi connectivity index (χ1v) is 5.28. The number of pyridine rings is 1. The van der Waals surface area contributed by atoms with E-state index in [9.17, 15) is 4.79 Å². The number of rotatable bonds is 3. The van der Waals surface area contributed by atoms with Crippen molar-refractivity contribution in [1.82, 2.24) is 4.98 Å². The fourth-order valence-corrected chi connectivity index (χ4v) is 1.55. The van der Waals surface area contributed by atoms with Crippen molar-refractivity contribution in [3.05, 3.63) is 48.8 Å². The number of oxime groups is 1. The topological polar surface area (TPSA) is 74.6 Å². The van der Waals surface area contributed by atoms with Gasteiger partial charge < -0.3 is 10.5 Å². The molecule has 98 valence electrons. The van der Waals surface area contributed by atoms with Gasteiger partial charge in [-0.3, -0.25) is 9.78 Å². The van der Waals surface area contributed by atoms with Crippen molar-refractivity contribution in [3.8, 4) is 11.1 Å². The molecule has 5 nitrogen and oxygen atoms in total. The molecule has 0 atom stereocenters. The van der Waals surface area contributed by atoms with Gasteiger partial charge in [-0.2, -0.15) is 0 Å². The molecule has 19 heavy (non-hydrogen) atoms. The second-order valence-corrected chi connectivity index (χ2v) is 3.55. The molecule has 1 heterocycles. The third-order valence-corrected chi connectivity index (χ3v) is 2.32. The smallest absolute Gasteiger partial charge is 0.270 e. The lowest BCUT2D eigenvalue weighted by molar-refractivity contribution is -0.110. The molecule has 0 unspecified atom stereocenters. The highest BCUT2D eigenvalue weighted by atomic mass is 35.5. The molecule has 2 rings (SSSR count). The molecule has 0 aliphatic carbocycles. The Labute approximate surface area is 116 Å². The quantitative estimate of drug-likeness (QED) is 0.514. The summed E-state index contributed by atoms with van der Waals surface area (Å²) in [6.07, 6.45) is 4.22. The Bertz CT molecular complexity index is 573. The molecule has 1 amide bonds. The van der Waals surface area contributed by atoms with Crippen LogP contribution in [-0.2, 0) is 4.79 Å². The van der Waals surface area contributed by atoms with Crippen LogP contribution in [0.15, 0.2) is 53.9 Å². The van der Waals surface area contributed by atoms with Gasteiger partial charge in [0.25, 0.3) is 5.91 Å². The first kappa shape index (κ1) is 14.7. The van der Waals surface area contributed by atoms with Crippen molar-refractivity contribution >= 4 is 30.2 Å². The Kier molecular flexibility index (Phi) is 5.50. The van der Waals surface area contributed by atoms with Gasteiger partial charge in [0, 0.05) is 18.1 Å². The number of nitrogens with one attached hydrogen (secondary N) is 1. The summed E-state index contributed by atoms with van der Waals surface area (Å²) in [7, 11) is 0. The highest BCUT2D eigenvalue weighted by molar-refractivity contribution is 6.31. The van der Waals surface area contributed by atoms with Gasteiger partial charge in [-0.25, -0.2) is 0 Å².